The summed E-state index contributed by atoms with van der Waals surface area (Å²) in [6.07, 6.45) is 1.73. The molecule has 0 aliphatic rings. The monoisotopic (exact) mass is 398 g/mol. The van der Waals surface area contributed by atoms with Crippen LogP contribution < -0.4 is 5.56 Å². The van der Waals surface area contributed by atoms with Crippen LogP contribution in [0.25, 0.3) is 0 Å². The zero-order valence-electron chi connectivity index (χ0n) is 11.8. The van der Waals surface area contributed by atoms with Gasteiger partial charge in [-0.15, -0.1) is 0 Å². The predicted octanol–water partition coefficient (Wildman–Crippen LogP) is 1.92. The minimum atomic E-state index is -0.300. The SMILES string of the molecule is COC(=O)Cc1ccccc1Cn1cnc(C)c(I)c1=O. The van der Waals surface area contributed by atoms with Crippen LogP contribution in [0.2, 0.25) is 0 Å². The second kappa shape index (κ2) is 6.84. The minimum Gasteiger partial charge on any atom is -0.469 e. The van der Waals surface area contributed by atoms with E-state index < -0.39 is 0 Å². The largest absolute Gasteiger partial charge is 0.469 e. The van der Waals surface area contributed by atoms with Crippen LogP contribution in [0.4, 0.5) is 0 Å². The maximum atomic E-state index is 12.2. The zero-order chi connectivity index (χ0) is 15.4. The number of aromatic nitrogens is 2. The highest BCUT2D eigenvalue weighted by molar-refractivity contribution is 14.1. The number of carbonyl (C=O) groups excluding carboxylic acids is 1. The summed E-state index contributed by atoms with van der Waals surface area (Å²) in [6.45, 7) is 2.19. The summed E-state index contributed by atoms with van der Waals surface area (Å²) >= 11 is 2.00. The maximum absolute atomic E-state index is 12.2. The summed E-state index contributed by atoms with van der Waals surface area (Å²) in [5, 5.41) is 0. The molecule has 0 radical (unpaired) electrons. The number of methoxy groups -OCH3 is 1. The summed E-state index contributed by atoms with van der Waals surface area (Å²) in [5.74, 6) is -0.300. The Morgan fingerprint density at radius 1 is 1.33 bits per heavy atom. The molecular weight excluding hydrogens is 383 g/mol. The number of benzene rings is 1. The van der Waals surface area contributed by atoms with Gasteiger partial charge in [0.2, 0.25) is 0 Å². The number of hydrogen-bond acceptors (Lipinski definition) is 4. The molecule has 0 amide bonds. The molecule has 0 saturated carbocycles. The Labute approximate surface area is 136 Å². The van der Waals surface area contributed by atoms with E-state index in [1.807, 2.05) is 46.9 Å². The number of carbonyl (C=O) groups is 1. The summed E-state index contributed by atoms with van der Waals surface area (Å²) in [7, 11) is 1.36. The fourth-order valence-electron chi connectivity index (χ4n) is 1.95. The first-order valence-electron chi connectivity index (χ1n) is 6.38. The van der Waals surface area contributed by atoms with Crippen LogP contribution in [0.5, 0.6) is 0 Å². The molecule has 1 aromatic carbocycles. The van der Waals surface area contributed by atoms with Gasteiger partial charge in [0.25, 0.3) is 5.56 Å². The van der Waals surface area contributed by atoms with E-state index in [0.717, 1.165) is 16.8 Å². The van der Waals surface area contributed by atoms with Crippen molar-refractivity contribution in [2.45, 2.75) is 19.9 Å². The molecule has 0 aliphatic heterocycles. The van der Waals surface area contributed by atoms with Gasteiger partial charge in [0.15, 0.2) is 0 Å². The number of nitrogens with zero attached hydrogens (tertiary/aromatic N) is 2. The molecule has 0 unspecified atom stereocenters. The number of esters is 1. The van der Waals surface area contributed by atoms with Crippen LogP contribution in [0.1, 0.15) is 16.8 Å². The molecule has 0 N–H and O–H groups in total. The molecule has 2 aromatic rings. The molecule has 110 valence electrons. The van der Waals surface area contributed by atoms with Crippen LogP contribution in [0.15, 0.2) is 35.4 Å². The van der Waals surface area contributed by atoms with Crippen molar-refractivity contribution in [1.82, 2.24) is 9.55 Å². The number of aryl methyl sites for hydroxylation is 1. The summed E-state index contributed by atoms with van der Waals surface area (Å²) in [5.41, 5.74) is 2.41. The van der Waals surface area contributed by atoms with Gasteiger partial charge in [-0.05, 0) is 40.6 Å². The van der Waals surface area contributed by atoms with E-state index >= 15 is 0 Å². The fourth-order valence-corrected chi connectivity index (χ4v) is 2.40. The maximum Gasteiger partial charge on any atom is 0.309 e. The van der Waals surface area contributed by atoms with E-state index in [4.69, 9.17) is 4.74 Å². The Hall–Kier alpha value is -1.70. The van der Waals surface area contributed by atoms with Crippen molar-refractivity contribution in [1.29, 1.82) is 0 Å². The first-order valence-corrected chi connectivity index (χ1v) is 7.46. The Bertz CT molecular complexity index is 725. The van der Waals surface area contributed by atoms with Gasteiger partial charge in [-0.1, -0.05) is 24.3 Å². The van der Waals surface area contributed by atoms with Crippen molar-refractivity contribution in [3.05, 3.63) is 61.3 Å². The van der Waals surface area contributed by atoms with Crippen molar-refractivity contribution in [2.75, 3.05) is 7.11 Å². The van der Waals surface area contributed by atoms with Gasteiger partial charge in [-0.25, -0.2) is 4.98 Å². The third kappa shape index (κ3) is 3.69. The summed E-state index contributed by atoms with van der Waals surface area (Å²) in [4.78, 5) is 27.9. The Morgan fingerprint density at radius 2 is 2.00 bits per heavy atom. The quantitative estimate of drug-likeness (QED) is 0.584. The van der Waals surface area contributed by atoms with Crippen LogP contribution in [-0.2, 0) is 22.5 Å². The van der Waals surface area contributed by atoms with Crippen molar-refractivity contribution >= 4 is 28.6 Å². The van der Waals surface area contributed by atoms with Gasteiger partial charge in [-0.3, -0.25) is 14.2 Å². The molecule has 6 heteroatoms. The molecule has 2 rings (SSSR count). The fraction of sp³-hybridized carbons (Fsp3) is 0.267. The summed E-state index contributed by atoms with van der Waals surface area (Å²) < 4.78 is 6.86. The van der Waals surface area contributed by atoms with E-state index in [0.29, 0.717) is 10.1 Å². The minimum absolute atomic E-state index is 0.0732. The molecule has 0 atom stereocenters. The first-order chi connectivity index (χ1) is 10.0. The summed E-state index contributed by atoms with van der Waals surface area (Å²) in [6, 6.07) is 7.51. The van der Waals surface area contributed by atoms with Crippen LogP contribution in [-0.4, -0.2) is 22.6 Å². The molecule has 0 fully saturated rings. The highest BCUT2D eigenvalue weighted by atomic mass is 127. The molecule has 1 aromatic heterocycles. The third-order valence-electron chi connectivity index (χ3n) is 3.18. The molecule has 1 heterocycles. The average Bonchev–Trinajstić information content (AvgIpc) is 2.49. The molecule has 0 spiro atoms. The van der Waals surface area contributed by atoms with Gasteiger partial charge in [0, 0.05) is 0 Å². The second-order valence-corrected chi connectivity index (χ2v) is 5.68. The van der Waals surface area contributed by atoms with Crippen molar-refractivity contribution in [2.24, 2.45) is 0 Å². The van der Waals surface area contributed by atoms with Crippen LogP contribution >= 0.6 is 22.6 Å². The van der Waals surface area contributed by atoms with E-state index in [2.05, 4.69) is 4.98 Å². The molecule has 0 bridgehead atoms. The lowest BCUT2D eigenvalue weighted by molar-refractivity contribution is -0.139. The van der Waals surface area contributed by atoms with E-state index in [1.165, 1.54) is 13.4 Å². The smallest absolute Gasteiger partial charge is 0.309 e. The topological polar surface area (TPSA) is 61.2 Å². The number of hydrogen-bond donors (Lipinski definition) is 0. The van der Waals surface area contributed by atoms with E-state index in [-0.39, 0.29) is 17.9 Å². The van der Waals surface area contributed by atoms with Crippen molar-refractivity contribution in [3.8, 4) is 0 Å². The highest BCUT2D eigenvalue weighted by Gasteiger charge is 2.10. The van der Waals surface area contributed by atoms with Gasteiger partial charge < -0.3 is 4.74 Å². The highest BCUT2D eigenvalue weighted by Crippen LogP contribution is 2.12. The van der Waals surface area contributed by atoms with Crippen molar-refractivity contribution < 1.29 is 9.53 Å². The first kappa shape index (κ1) is 15.7. The Kier molecular flexibility index (Phi) is 5.11. The molecule has 0 aliphatic carbocycles. The third-order valence-corrected chi connectivity index (χ3v) is 4.42. The lowest BCUT2D eigenvalue weighted by atomic mass is 10.0. The van der Waals surface area contributed by atoms with Gasteiger partial charge in [-0.2, -0.15) is 0 Å². The number of ether oxygens (including phenoxy) is 1. The Balaban J connectivity index is 2.34. The second-order valence-electron chi connectivity index (χ2n) is 4.60. The van der Waals surface area contributed by atoms with Gasteiger partial charge in [0.1, 0.15) is 0 Å². The average molecular weight is 398 g/mol. The normalized spacial score (nSPS) is 10.4. The lowest BCUT2D eigenvalue weighted by Gasteiger charge is -2.11. The predicted molar refractivity (Wildman–Crippen MR) is 87.2 cm³/mol. The standard InChI is InChI=1S/C15H15IN2O3/c1-10-14(16)15(20)18(9-17-10)8-12-6-4-3-5-11(12)7-13(19)21-2/h3-6,9H,7-8H2,1-2H3. The molecule has 5 nitrogen and oxygen atoms in total. The van der Waals surface area contributed by atoms with Gasteiger partial charge >= 0.3 is 5.97 Å². The van der Waals surface area contributed by atoms with Crippen LogP contribution in [0.3, 0.4) is 0 Å². The molecule has 0 saturated heterocycles. The molecular formula is C15H15IN2O3. The van der Waals surface area contributed by atoms with E-state index in [9.17, 15) is 9.59 Å². The van der Waals surface area contributed by atoms with Gasteiger partial charge in [0.05, 0.1) is 35.7 Å². The number of rotatable bonds is 4. The Morgan fingerprint density at radius 3 is 2.67 bits per heavy atom. The number of halogens is 1. The molecule has 21 heavy (non-hydrogen) atoms. The van der Waals surface area contributed by atoms with E-state index in [1.54, 1.807) is 11.5 Å². The van der Waals surface area contributed by atoms with Crippen LogP contribution in [0, 0.1) is 10.5 Å². The lowest BCUT2D eigenvalue weighted by Crippen LogP contribution is -2.25. The zero-order valence-corrected chi connectivity index (χ0v) is 14.0. The van der Waals surface area contributed by atoms with Crippen molar-refractivity contribution in [3.63, 3.8) is 0 Å².